The van der Waals surface area contributed by atoms with Gasteiger partial charge in [0.15, 0.2) is 6.10 Å². The Morgan fingerprint density at radius 3 is 2.55 bits per heavy atom. The molecule has 0 spiro atoms. The first-order chi connectivity index (χ1) is 10.7. The molecule has 4 nitrogen and oxygen atoms in total. The molecule has 0 aliphatic carbocycles. The molecular formula is C18H21NO3. The maximum Gasteiger partial charge on any atom is 0.261 e. The summed E-state index contributed by atoms with van der Waals surface area (Å²) in [7, 11) is 0. The number of carbonyl (C=O) groups is 1. The lowest BCUT2D eigenvalue weighted by Gasteiger charge is -2.15. The second-order valence-corrected chi connectivity index (χ2v) is 4.87. The molecule has 1 unspecified atom stereocenters. The van der Waals surface area contributed by atoms with Crippen LogP contribution in [-0.4, -0.2) is 18.6 Å². The SMILES string of the molecule is CCOc1cccc(CNC(=O)C(C)Oc2ccccc2)c1. The van der Waals surface area contributed by atoms with Crippen molar-refractivity contribution in [1.82, 2.24) is 5.32 Å². The van der Waals surface area contributed by atoms with Crippen LogP contribution in [0.25, 0.3) is 0 Å². The third-order valence-corrected chi connectivity index (χ3v) is 3.10. The van der Waals surface area contributed by atoms with E-state index < -0.39 is 6.10 Å². The highest BCUT2D eigenvalue weighted by Crippen LogP contribution is 2.14. The minimum Gasteiger partial charge on any atom is -0.494 e. The van der Waals surface area contributed by atoms with E-state index in [2.05, 4.69) is 5.32 Å². The van der Waals surface area contributed by atoms with E-state index in [4.69, 9.17) is 9.47 Å². The molecule has 0 aliphatic heterocycles. The number of carbonyl (C=O) groups excluding carboxylic acids is 1. The Labute approximate surface area is 131 Å². The van der Waals surface area contributed by atoms with Crippen molar-refractivity contribution in [1.29, 1.82) is 0 Å². The van der Waals surface area contributed by atoms with Gasteiger partial charge in [-0.3, -0.25) is 4.79 Å². The fourth-order valence-corrected chi connectivity index (χ4v) is 2.00. The average molecular weight is 299 g/mol. The Bertz CT molecular complexity index is 598. The summed E-state index contributed by atoms with van der Waals surface area (Å²) in [6, 6.07) is 17.0. The molecular weight excluding hydrogens is 278 g/mol. The molecule has 2 rings (SSSR count). The Kier molecular flexibility index (Phi) is 5.83. The van der Waals surface area contributed by atoms with Gasteiger partial charge in [0.1, 0.15) is 11.5 Å². The largest absolute Gasteiger partial charge is 0.494 e. The monoisotopic (exact) mass is 299 g/mol. The Morgan fingerprint density at radius 1 is 1.09 bits per heavy atom. The molecule has 2 aromatic carbocycles. The molecule has 22 heavy (non-hydrogen) atoms. The molecule has 0 heterocycles. The van der Waals surface area contributed by atoms with Crippen molar-refractivity contribution in [3.8, 4) is 11.5 Å². The zero-order valence-electron chi connectivity index (χ0n) is 12.9. The maximum atomic E-state index is 12.1. The number of rotatable bonds is 7. The van der Waals surface area contributed by atoms with Gasteiger partial charge in [-0.1, -0.05) is 30.3 Å². The van der Waals surface area contributed by atoms with E-state index in [0.717, 1.165) is 11.3 Å². The fraction of sp³-hybridized carbons (Fsp3) is 0.278. The van der Waals surface area contributed by atoms with Crippen molar-refractivity contribution in [2.24, 2.45) is 0 Å². The van der Waals surface area contributed by atoms with E-state index in [1.165, 1.54) is 0 Å². The van der Waals surface area contributed by atoms with Crippen molar-refractivity contribution in [3.63, 3.8) is 0 Å². The van der Waals surface area contributed by atoms with Gasteiger partial charge >= 0.3 is 0 Å². The van der Waals surface area contributed by atoms with Crippen molar-refractivity contribution in [2.75, 3.05) is 6.61 Å². The zero-order valence-corrected chi connectivity index (χ0v) is 12.9. The summed E-state index contributed by atoms with van der Waals surface area (Å²) in [6.07, 6.45) is -0.544. The Morgan fingerprint density at radius 2 is 1.82 bits per heavy atom. The highest BCUT2D eigenvalue weighted by Gasteiger charge is 2.14. The molecule has 0 saturated heterocycles. The number of ether oxygens (including phenoxy) is 2. The number of hydrogen-bond acceptors (Lipinski definition) is 3. The molecule has 1 atom stereocenters. The topological polar surface area (TPSA) is 47.6 Å². The Balaban J connectivity index is 1.85. The summed E-state index contributed by atoms with van der Waals surface area (Å²) in [6.45, 7) is 4.75. The number of benzene rings is 2. The quantitative estimate of drug-likeness (QED) is 0.854. The van der Waals surface area contributed by atoms with E-state index in [9.17, 15) is 4.79 Å². The smallest absolute Gasteiger partial charge is 0.261 e. The molecule has 4 heteroatoms. The summed E-state index contributed by atoms with van der Waals surface area (Å²) in [4.78, 5) is 12.1. The van der Waals surface area contributed by atoms with Crippen LogP contribution in [0.5, 0.6) is 11.5 Å². The molecule has 0 bridgehead atoms. The van der Waals surface area contributed by atoms with Crippen LogP contribution >= 0.6 is 0 Å². The molecule has 116 valence electrons. The summed E-state index contributed by atoms with van der Waals surface area (Å²) < 4.78 is 11.0. The molecule has 0 radical (unpaired) electrons. The highest BCUT2D eigenvalue weighted by molar-refractivity contribution is 5.80. The minimum absolute atomic E-state index is 0.148. The van der Waals surface area contributed by atoms with Crippen molar-refractivity contribution in [2.45, 2.75) is 26.5 Å². The van der Waals surface area contributed by atoms with Gasteiger partial charge in [0.05, 0.1) is 6.61 Å². The first-order valence-electron chi connectivity index (χ1n) is 7.40. The van der Waals surface area contributed by atoms with Crippen molar-refractivity contribution in [3.05, 3.63) is 60.2 Å². The van der Waals surface area contributed by atoms with E-state index >= 15 is 0 Å². The lowest BCUT2D eigenvalue weighted by Crippen LogP contribution is -2.35. The van der Waals surface area contributed by atoms with E-state index in [1.54, 1.807) is 6.92 Å². The van der Waals surface area contributed by atoms with E-state index in [1.807, 2.05) is 61.5 Å². The summed E-state index contributed by atoms with van der Waals surface area (Å²) >= 11 is 0. The number of hydrogen-bond donors (Lipinski definition) is 1. The fourth-order valence-electron chi connectivity index (χ4n) is 2.00. The van der Waals surface area contributed by atoms with Gasteiger partial charge in [-0.25, -0.2) is 0 Å². The van der Waals surface area contributed by atoms with Gasteiger partial charge in [0.25, 0.3) is 5.91 Å². The lowest BCUT2D eigenvalue weighted by molar-refractivity contribution is -0.127. The van der Waals surface area contributed by atoms with Crippen LogP contribution in [0.1, 0.15) is 19.4 Å². The van der Waals surface area contributed by atoms with Crippen LogP contribution in [0.4, 0.5) is 0 Å². The van der Waals surface area contributed by atoms with Crippen LogP contribution in [-0.2, 0) is 11.3 Å². The second-order valence-electron chi connectivity index (χ2n) is 4.87. The van der Waals surface area contributed by atoms with Gasteiger partial charge in [-0.15, -0.1) is 0 Å². The molecule has 0 fully saturated rings. The Hall–Kier alpha value is -2.49. The van der Waals surface area contributed by atoms with Gasteiger partial charge in [-0.2, -0.15) is 0 Å². The first kappa shape index (κ1) is 15.9. The van der Waals surface area contributed by atoms with Crippen LogP contribution in [0.15, 0.2) is 54.6 Å². The third-order valence-electron chi connectivity index (χ3n) is 3.10. The summed E-state index contributed by atoms with van der Waals surface area (Å²) in [5.41, 5.74) is 0.992. The predicted octanol–water partition coefficient (Wildman–Crippen LogP) is 3.17. The lowest BCUT2D eigenvalue weighted by atomic mass is 10.2. The van der Waals surface area contributed by atoms with Gasteiger partial charge in [0, 0.05) is 6.54 Å². The van der Waals surface area contributed by atoms with Crippen LogP contribution in [0.3, 0.4) is 0 Å². The molecule has 2 aromatic rings. The standard InChI is InChI=1S/C18H21NO3/c1-3-21-17-11-7-8-15(12-17)13-19-18(20)14(2)22-16-9-5-4-6-10-16/h4-12,14H,3,13H2,1-2H3,(H,19,20). The third kappa shape index (κ3) is 4.81. The normalized spacial score (nSPS) is 11.5. The number of para-hydroxylation sites is 1. The highest BCUT2D eigenvalue weighted by atomic mass is 16.5. The van der Waals surface area contributed by atoms with Crippen LogP contribution < -0.4 is 14.8 Å². The van der Waals surface area contributed by atoms with Gasteiger partial charge in [0.2, 0.25) is 0 Å². The predicted molar refractivity (Wildman–Crippen MR) is 86.0 cm³/mol. The first-order valence-corrected chi connectivity index (χ1v) is 7.40. The van der Waals surface area contributed by atoms with Crippen molar-refractivity contribution >= 4 is 5.91 Å². The molecule has 1 N–H and O–H groups in total. The molecule has 0 aromatic heterocycles. The van der Waals surface area contributed by atoms with Crippen LogP contribution in [0.2, 0.25) is 0 Å². The molecule has 1 amide bonds. The van der Waals surface area contributed by atoms with Crippen LogP contribution in [0, 0.1) is 0 Å². The molecule has 0 aliphatic rings. The number of nitrogens with one attached hydrogen (secondary N) is 1. The zero-order chi connectivity index (χ0) is 15.8. The van der Waals surface area contributed by atoms with Crippen molar-refractivity contribution < 1.29 is 14.3 Å². The second kappa shape index (κ2) is 8.08. The van der Waals surface area contributed by atoms with Gasteiger partial charge < -0.3 is 14.8 Å². The van der Waals surface area contributed by atoms with E-state index in [-0.39, 0.29) is 5.91 Å². The molecule has 0 saturated carbocycles. The number of amides is 1. The maximum absolute atomic E-state index is 12.1. The summed E-state index contributed by atoms with van der Waals surface area (Å²) in [5, 5.41) is 2.87. The van der Waals surface area contributed by atoms with E-state index in [0.29, 0.717) is 18.9 Å². The minimum atomic E-state index is -0.544. The average Bonchev–Trinajstić information content (AvgIpc) is 2.54. The summed E-state index contributed by atoms with van der Waals surface area (Å²) in [5.74, 6) is 1.34. The van der Waals surface area contributed by atoms with Gasteiger partial charge in [-0.05, 0) is 43.7 Å².